The molecule has 0 aliphatic carbocycles. The molecule has 5 heteroatoms. The molecule has 0 saturated heterocycles. The highest BCUT2D eigenvalue weighted by atomic mass is 19.1. The highest BCUT2D eigenvalue weighted by Gasteiger charge is 2.18. The third kappa shape index (κ3) is 2.73. The summed E-state index contributed by atoms with van der Waals surface area (Å²) in [6.45, 7) is -0.355. The van der Waals surface area contributed by atoms with Crippen molar-refractivity contribution in [3.63, 3.8) is 0 Å². The topological polar surface area (TPSA) is 69.0 Å². The van der Waals surface area contributed by atoms with Crippen molar-refractivity contribution in [3.05, 3.63) is 46.3 Å². The Labute approximate surface area is 80.6 Å². The fraction of sp³-hybridized carbons (Fsp3) is 0.333. The molecule has 0 bridgehead atoms. The maximum Gasteiger partial charge on any atom is 0.136 e. The van der Waals surface area contributed by atoms with Gasteiger partial charge >= 0.3 is 0 Å². The first kappa shape index (κ1) is 10.5. The van der Waals surface area contributed by atoms with Crippen LogP contribution >= 0.6 is 0 Å². The van der Waals surface area contributed by atoms with Crippen molar-refractivity contribution in [1.29, 1.82) is 0 Å². The van der Waals surface area contributed by atoms with Gasteiger partial charge < -0.3 is 5.11 Å². The second kappa shape index (κ2) is 5.21. The minimum Gasteiger partial charge on any atom is -0.385 e. The molecule has 0 aliphatic heterocycles. The van der Waals surface area contributed by atoms with Gasteiger partial charge in [0, 0.05) is 4.91 Å². The molecule has 0 spiro atoms. The van der Waals surface area contributed by atoms with E-state index in [9.17, 15) is 9.50 Å². The Kier molecular flexibility index (Phi) is 3.91. The zero-order valence-electron chi connectivity index (χ0n) is 7.42. The first-order valence-corrected chi connectivity index (χ1v) is 4.13. The fourth-order valence-electron chi connectivity index (χ4n) is 1.07. The van der Waals surface area contributed by atoms with Crippen LogP contribution in [0.25, 0.3) is 10.4 Å². The van der Waals surface area contributed by atoms with Crippen LogP contribution in [0, 0.1) is 0 Å². The second-order valence-electron chi connectivity index (χ2n) is 2.78. The molecule has 0 aliphatic rings. The summed E-state index contributed by atoms with van der Waals surface area (Å²) in [6.07, 6.45) is -2.80. The first-order valence-electron chi connectivity index (χ1n) is 4.13. The molecule has 0 amide bonds. The molecule has 4 nitrogen and oxygen atoms in total. The molecule has 1 aromatic carbocycles. The normalized spacial score (nSPS) is 14.1. The van der Waals surface area contributed by atoms with E-state index in [1.54, 1.807) is 30.3 Å². The van der Waals surface area contributed by atoms with Crippen LogP contribution in [0.15, 0.2) is 35.4 Å². The van der Waals surface area contributed by atoms with Crippen LogP contribution in [-0.2, 0) is 0 Å². The lowest BCUT2D eigenvalue weighted by atomic mass is 10.1. The van der Waals surface area contributed by atoms with Crippen molar-refractivity contribution < 1.29 is 9.50 Å². The summed E-state index contributed by atoms with van der Waals surface area (Å²) in [5, 5.41) is 12.5. The minimum atomic E-state index is -1.56. The maximum absolute atomic E-state index is 13.2. The molecular weight excluding hydrogens is 185 g/mol. The van der Waals surface area contributed by atoms with Crippen LogP contribution in [0.2, 0.25) is 0 Å². The average Bonchev–Trinajstić information content (AvgIpc) is 2.26. The Morgan fingerprint density at radius 3 is 2.64 bits per heavy atom. The summed E-state index contributed by atoms with van der Waals surface area (Å²) in [6, 6.07) is 8.43. The molecule has 2 atom stereocenters. The number of azide groups is 1. The zero-order valence-corrected chi connectivity index (χ0v) is 7.42. The number of hydrogen-bond acceptors (Lipinski definition) is 2. The van der Waals surface area contributed by atoms with Gasteiger partial charge in [-0.15, -0.1) is 0 Å². The van der Waals surface area contributed by atoms with E-state index in [0.717, 1.165) is 0 Å². The summed E-state index contributed by atoms with van der Waals surface area (Å²) in [7, 11) is 0. The third-order valence-corrected chi connectivity index (χ3v) is 1.80. The van der Waals surface area contributed by atoms with Gasteiger partial charge in [0.05, 0.1) is 6.54 Å². The number of hydrogen-bond donors (Lipinski definition) is 1. The van der Waals surface area contributed by atoms with Gasteiger partial charge in [0.1, 0.15) is 12.3 Å². The van der Waals surface area contributed by atoms with Crippen LogP contribution in [0.1, 0.15) is 11.7 Å². The van der Waals surface area contributed by atoms with Crippen molar-refractivity contribution >= 4 is 0 Å². The highest BCUT2D eigenvalue weighted by Crippen LogP contribution is 2.18. The molecule has 0 heterocycles. The smallest absolute Gasteiger partial charge is 0.136 e. The van der Waals surface area contributed by atoms with Crippen LogP contribution in [-0.4, -0.2) is 17.8 Å². The Balaban J connectivity index is 2.65. The zero-order chi connectivity index (χ0) is 10.4. The van der Waals surface area contributed by atoms with Crippen LogP contribution < -0.4 is 0 Å². The van der Waals surface area contributed by atoms with E-state index < -0.39 is 12.3 Å². The largest absolute Gasteiger partial charge is 0.385 e. The summed E-state index contributed by atoms with van der Waals surface area (Å²) in [5.41, 5.74) is 8.46. The Hall–Kier alpha value is -1.58. The predicted octanol–water partition coefficient (Wildman–Crippen LogP) is 2.37. The predicted molar refractivity (Wildman–Crippen MR) is 50.3 cm³/mol. The molecule has 0 saturated carbocycles. The fourth-order valence-corrected chi connectivity index (χ4v) is 1.07. The number of benzene rings is 1. The van der Waals surface area contributed by atoms with Crippen molar-refractivity contribution in [3.8, 4) is 0 Å². The molecule has 0 fully saturated rings. The Bertz CT molecular complexity index is 324. The van der Waals surface area contributed by atoms with E-state index in [4.69, 9.17) is 5.53 Å². The van der Waals surface area contributed by atoms with Crippen molar-refractivity contribution in [1.82, 2.24) is 0 Å². The summed E-state index contributed by atoms with van der Waals surface area (Å²) >= 11 is 0. The van der Waals surface area contributed by atoms with Crippen molar-refractivity contribution in [2.45, 2.75) is 12.3 Å². The SMILES string of the molecule is [N-]=[N+]=NC[C@H](F)[C@@H](O)c1ccccc1. The highest BCUT2D eigenvalue weighted by molar-refractivity contribution is 5.18. The Morgan fingerprint density at radius 2 is 2.07 bits per heavy atom. The molecule has 74 valence electrons. The number of rotatable bonds is 4. The molecular formula is C9H10FN3O. The van der Waals surface area contributed by atoms with Crippen molar-refractivity contribution in [2.24, 2.45) is 5.11 Å². The van der Waals surface area contributed by atoms with Crippen LogP contribution in [0.3, 0.4) is 0 Å². The molecule has 1 aromatic rings. The first-order chi connectivity index (χ1) is 6.75. The monoisotopic (exact) mass is 195 g/mol. The van der Waals surface area contributed by atoms with Gasteiger partial charge in [0.15, 0.2) is 0 Å². The molecule has 14 heavy (non-hydrogen) atoms. The minimum absolute atomic E-state index is 0.355. The van der Waals surface area contributed by atoms with E-state index in [0.29, 0.717) is 5.56 Å². The van der Waals surface area contributed by atoms with Crippen LogP contribution in [0.5, 0.6) is 0 Å². The lowest BCUT2D eigenvalue weighted by molar-refractivity contribution is 0.0825. The quantitative estimate of drug-likeness (QED) is 0.447. The summed E-state index contributed by atoms with van der Waals surface area (Å²) in [5.74, 6) is 0. The van der Waals surface area contributed by atoms with Gasteiger partial charge in [-0.05, 0) is 11.1 Å². The summed E-state index contributed by atoms with van der Waals surface area (Å²) < 4.78 is 13.2. The number of halogens is 1. The number of aliphatic hydroxyl groups excluding tert-OH is 1. The molecule has 0 aromatic heterocycles. The second-order valence-corrected chi connectivity index (χ2v) is 2.78. The molecule has 0 unspecified atom stereocenters. The van der Waals surface area contributed by atoms with Crippen LogP contribution in [0.4, 0.5) is 4.39 Å². The van der Waals surface area contributed by atoms with E-state index in [1.807, 2.05) is 0 Å². The molecule has 1 N–H and O–H groups in total. The van der Waals surface area contributed by atoms with Gasteiger partial charge in [-0.25, -0.2) is 4.39 Å². The van der Waals surface area contributed by atoms with Crippen molar-refractivity contribution in [2.75, 3.05) is 6.54 Å². The van der Waals surface area contributed by atoms with E-state index in [-0.39, 0.29) is 6.54 Å². The number of aliphatic hydroxyl groups is 1. The van der Waals surface area contributed by atoms with Gasteiger partial charge in [0.25, 0.3) is 0 Å². The van der Waals surface area contributed by atoms with Gasteiger partial charge in [-0.3, -0.25) is 0 Å². The lowest BCUT2D eigenvalue weighted by Gasteiger charge is -2.13. The Morgan fingerprint density at radius 1 is 1.43 bits per heavy atom. The van der Waals surface area contributed by atoms with Gasteiger partial charge in [-0.1, -0.05) is 35.4 Å². The van der Waals surface area contributed by atoms with E-state index in [2.05, 4.69) is 10.0 Å². The van der Waals surface area contributed by atoms with Gasteiger partial charge in [0.2, 0.25) is 0 Å². The van der Waals surface area contributed by atoms with E-state index >= 15 is 0 Å². The standard InChI is InChI=1S/C9H10FN3O/c10-8(6-12-13-11)9(14)7-4-2-1-3-5-7/h1-5,8-9,14H,6H2/t8-,9-/m0/s1. The summed E-state index contributed by atoms with van der Waals surface area (Å²) in [4.78, 5) is 2.43. The molecule has 0 radical (unpaired) electrons. The average molecular weight is 195 g/mol. The third-order valence-electron chi connectivity index (χ3n) is 1.80. The lowest BCUT2D eigenvalue weighted by Crippen LogP contribution is -2.16. The van der Waals surface area contributed by atoms with E-state index in [1.165, 1.54) is 0 Å². The molecule has 1 rings (SSSR count). The maximum atomic E-state index is 13.2. The number of nitrogens with zero attached hydrogens (tertiary/aromatic N) is 3. The number of alkyl halides is 1. The van der Waals surface area contributed by atoms with Gasteiger partial charge in [-0.2, -0.15) is 0 Å².